The van der Waals surface area contributed by atoms with Gasteiger partial charge in [-0.05, 0) is 19.2 Å². The van der Waals surface area contributed by atoms with Crippen LogP contribution in [0.5, 0.6) is 5.75 Å². The molecular weight excluding hydrogens is 271 g/mol. The third-order valence-corrected chi connectivity index (χ3v) is 2.59. The second kappa shape index (κ2) is 5.87. The van der Waals surface area contributed by atoms with Crippen LogP contribution in [0.3, 0.4) is 0 Å². The minimum Gasteiger partial charge on any atom is -0.405 e. The molecule has 1 unspecified atom stereocenters. The topological polar surface area (TPSA) is 47.0 Å². The Hall–Kier alpha value is -2.15. The summed E-state index contributed by atoms with van der Waals surface area (Å²) in [5, 5.41) is 2.89. The molecule has 0 saturated carbocycles. The van der Waals surface area contributed by atoms with E-state index in [0.29, 0.717) is 11.4 Å². The van der Waals surface area contributed by atoms with E-state index in [4.69, 9.17) is 0 Å². The zero-order valence-corrected chi connectivity index (χ0v) is 10.6. The van der Waals surface area contributed by atoms with Gasteiger partial charge in [0, 0.05) is 18.0 Å². The van der Waals surface area contributed by atoms with Crippen LogP contribution in [-0.4, -0.2) is 23.4 Å². The quantitative estimate of drug-likeness (QED) is 0.937. The number of ether oxygens (including phenoxy) is 1. The maximum Gasteiger partial charge on any atom is 0.573 e. The largest absolute Gasteiger partial charge is 0.573 e. The highest BCUT2D eigenvalue weighted by molar-refractivity contribution is 5.38. The molecule has 2 rings (SSSR count). The van der Waals surface area contributed by atoms with E-state index in [1.54, 1.807) is 25.2 Å². The SMILES string of the molecule is CNC(c1ncccn1)c1ccccc1OC(F)(F)F. The number of nitrogens with zero attached hydrogens (tertiary/aromatic N) is 2. The van der Waals surface area contributed by atoms with Crippen molar-refractivity contribution in [2.75, 3.05) is 7.05 Å². The van der Waals surface area contributed by atoms with Gasteiger partial charge < -0.3 is 10.1 Å². The third kappa shape index (κ3) is 3.45. The summed E-state index contributed by atoms with van der Waals surface area (Å²) in [4.78, 5) is 8.11. The summed E-state index contributed by atoms with van der Waals surface area (Å²) in [6.45, 7) is 0. The van der Waals surface area contributed by atoms with Crippen LogP contribution in [0.15, 0.2) is 42.7 Å². The predicted molar refractivity (Wildman–Crippen MR) is 66.1 cm³/mol. The van der Waals surface area contributed by atoms with Gasteiger partial charge in [0.1, 0.15) is 11.6 Å². The van der Waals surface area contributed by atoms with Crippen molar-refractivity contribution in [3.63, 3.8) is 0 Å². The average molecular weight is 283 g/mol. The molecule has 0 spiro atoms. The lowest BCUT2D eigenvalue weighted by molar-refractivity contribution is -0.275. The molecule has 106 valence electrons. The van der Waals surface area contributed by atoms with Gasteiger partial charge in [-0.25, -0.2) is 9.97 Å². The Balaban J connectivity index is 2.40. The zero-order chi connectivity index (χ0) is 14.6. The Labute approximate surface area is 113 Å². The Morgan fingerprint density at radius 2 is 1.75 bits per heavy atom. The lowest BCUT2D eigenvalue weighted by Gasteiger charge is -2.19. The molecule has 0 aliphatic rings. The summed E-state index contributed by atoms with van der Waals surface area (Å²) in [5.41, 5.74) is 0.318. The first-order valence-corrected chi connectivity index (χ1v) is 5.80. The minimum atomic E-state index is -4.74. The maximum absolute atomic E-state index is 12.4. The number of nitrogens with one attached hydrogen (secondary N) is 1. The molecule has 0 aliphatic heterocycles. The first-order chi connectivity index (χ1) is 9.51. The Morgan fingerprint density at radius 3 is 2.35 bits per heavy atom. The molecule has 1 aromatic carbocycles. The minimum absolute atomic E-state index is 0.271. The van der Waals surface area contributed by atoms with Crippen LogP contribution >= 0.6 is 0 Å². The number of para-hydroxylation sites is 1. The van der Waals surface area contributed by atoms with E-state index in [2.05, 4.69) is 20.0 Å². The standard InChI is InChI=1S/C13H12F3N3O/c1-17-11(12-18-7-4-8-19-12)9-5-2-3-6-10(9)20-13(14,15)16/h2-8,11,17H,1H3. The molecule has 0 bridgehead atoms. The normalized spacial score (nSPS) is 13.0. The maximum atomic E-state index is 12.4. The lowest BCUT2D eigenvalue weighted by atomic mass is 10.1. The number of alkyl halides is 3. The van der Waals surface area contributed by atoms with Gasteiger partial charge in [0.25, 0.3) is 0 Å². The third-order valence-electron chi connectivity index (χ3n) is 2.59. The number of benzene rings is 1. The first-order valence-electron chi connectivity index (χ1n) is 5.80. The summed E-state index contributed by atoms with van der Waals surface area (Å²) in [6.07, 6.45) is -1.69. The fraction of sp³-hybridized carbons (Fsp3) is 0.231. The number of aromatic nitrogens is 2. The van der Waals surface area contributed by atoms with E-state index in [9.17, 15) is 13.2 Å². The van der Waals surface area contributed by atoms with Crippen molar-refractivity contribution in [1.82, 2.24) is 15.3 Å². The van der Waals surface area contributed by atoms with Crippen LogP contribution in [0.25, 0.3) is 0 Å². The van der Waals surface area contributed by atoms with Crippen molar-refractivity contribution in [3.05, 3.63) is 54.1 Å². The van der Waals surface area contributed by atoms with Crippen LogP contribution in [0, 0.1) is 0 Å². The van der Waals surface area contributed by atoms with Gasteiger partial charge in [0.15, 0.2) is 0 Å². The number of hydrogen-bond donors (Lipinski definition) is 1. The highest BCUT2D eigenvalue weighted by Crippen LogP contribution is 2.31. The molecule has 0 amide bonds. The highest BCUT2D eigenvalue weighted by Gasteiger charge is 2.33. The molecule has 1 atom stereocenters. The molecule has 1 N–H and O–H groups in total. The molecular formula is C13H12F3N3O. The van der Waals surface area contributed by atoms with E-state index in [1.807, 2.05) is 0 Å². The van der Waals surface area contributed by atoms with Crippen LogP contribution in [0.1, 0.15) is 17.4 Å². The molecule has 0 saturated heterocycles. The average Bonchev–Trinajstić information content (AvgIpc) is 2.41. The molecule has 20 heavy (non-hydrogen) atoms. The number of halogens is 3. The molecule has 1 aromatic heterocycles. The lowest BCUT2D eigenvalue weighted by Crippen LogP contribution is -2.23. The van der Waals surface area contributed by atoms with E-state index in [0.717, 1.165) is 0 Å². The zero-order valence-electron chi connectivity index (χ0n) is 10.6. The Morgan fingerprint density at radius 1 is 1.10 bits per heavy atom. The van der Waals surface area contributed by atoms with Crippen LogP contribution in [0.2, 0.25) is 0 Å². The van der Waals surface area contributed by atoms with Crippen molar-refractivity contribution < 1.29 is 17.9 Å². The molecule has 0 aliphatic carbocycles. The van der Waals surface area contributed by atoms with E-state index < -0.39 is 12.4 Å². The smallest absolute Gasteiger partial charge is 0.405 e. The van der Waals surface area contributed by atoms with Crippen LogP contribution in [-0.2, 0) is 0 Å². The fourth-order valence-electron chi connectivity index (χ4n) is 1.82. The van der Waals surface area contributed by atoms with Gasteiger partial charge in [-0.3, -0.25) is 0 Å². The second-order valence-corrected chi connectivity index (χ2v) is 3.91. The predicted octanol–water partition coefficient (Wildman–Crippen LogP) is 2.68. The van der Waals surface area contributed by atoms with Crippen molar-refractivity contribution >= 4 is 0 Å². The fourth-order valence-corrected chi connectivity index (χ4v) is 1.82. The van der Waals surface area contributed by atoms with E-state index in [1.165, 1.54) is 24.5 Å². The van der Waals surface area contributed by atoms with Gasteiger partial charge in [0.2, 0.25) is 0 Å². The summed E-state index contributed by atoms with van der Waals surface area (Å²) < 4.78 is 41.3. The van der Waals surface area contributed by atoms with Gasteiger partial charge in [-0.15, -0.1) is 13.2 Å². The summed E-state index contributed by atoms with van der Waals surface area (Å²) >= 11 is 0. The van der Waals surface area contributed by atoms with Gasteiger partial charge in [-0.2, -0.15) is 0 Å². The molecule has 4 nitrogen and oxygen atoms in total. The van der Waals surface area contributed by atoms with Crippen molar-refractivity contribution in [2.24, 2.45) is 0 Å². The molecule has 1 heterocycles. The van der Waals surface area contributed by atoms with E-state index >= 15 is 0 Å². The van der Waals surface area contributed by atoms with Gasteiger partial charge >= 0.3 is 6.36 Å². The van der Waals surface area contributed by atoms with Crippen LogP contribution < -0.4 is 10.1 Å². The Bertz CT molecular complexity index is 560. The van der Waals surface area contributed by atoms with Gasteiger partial charge in [0.05, 0.1) is 6.04 Å². The summed E-state index contributed by atoms with van der Waals surface area (Å²) in [6, 6.07) is 6.95. The van der Waals surface area contributed by atoms with E-state index in [-0.39, 0.29) is 5.75 Å². The second-order valence-electron chi connectivity index (χ2n) is 3.91. The number of hydrogen-bond acceptors (Lipinski definition) is 4. The number of rotatable bonds is 4. The van der Waals surface area contributed by atoms with Gasteiger partial charge in [-0.1, -0.05) is 18.2 Å². The Kier molecular flexibility index (Phi) is 4.19. The molecule has 7 heteroatoms. The summed E-state index contributed by atoms with van der Waals surface area (Å²) in [7, 11) is 1.62. The first kappa shape index (κ1) is 14.3. The monoisotopic (exact) mass is 283 g/mol. The molecule has 2 aromatic rings. The molecule has 0 fully saturated rings. The highest BCUT2D eigenvalue weighted by atomic mass is 19.4. The summed E-state index contributed by atoms with van der Waals surface area (Å²) in [5.74, 6) is 0.0972. The van der Waals surface area contributed by atoms with Crippen molar-refractivity contribution in [2.45, 2.75) is 12.4 Å². The van der Waals surface area contributed by atoms with Crippen LogP contribution in [0.4, 0.5) is 13.2 Å². The molecule has 0 radical (unpaired) electrons. The van der Waals surface area contributed by atoms with Crippen molar-refractivity contribution in [3.8, 4) is 5.75 Å². The van der Waals surface area contributed by atoms with Crippen molar-refractivity contribution in [1.29, 1.82) is 0 Å².